The molecule has 27 heavy (non-hydrogen) atoms. The average Bonchev–Trinajstić information content (AvgIpc) is 3.11. The Morgan fingerprint density at radius 3 is 2.59 bits per heavy atom. The molecule has 4 rings (SSSR count). The van der Waals surface area contributed by atoms with Crippen molar-refractivity contribution >= 4 is 11.8 Å². The molecular weight excluding hydrogens is 361 g/mol. The van der Waals surface area contributed by atoms with Gasteiger partial charge in [0.15, 0.2) is 11.0 Å². The van der Waals surface area contributed by atoms with Crippen molar-refractivity contribution in [3.8, 4) is 11.4 Å². The van der Waals surface area contributed by atoms with Crippen LogP contribution < -0.4 is 0 Å². The highest BCUT2D eigenvalue weighted by Crippen LogP contribution is 2.27. The Bertz CT molecular complexity index is 861. The summed E-state index contributed by atoms with van der Waals surface area (Å²) in [6.45, 7) is 1.52. The maximum absolute atomic E-state index is 13.3. The van der Waals surface area contributed by atoms with Crippen molar-refractivity contribution in [3.05, 3.63) is 66.0 Å². The SMILES string of the molecule is Fc1ccc(-c2nnc(SC[C@H]3CCCCO3)n2Cc2ccccc2)cc1. The van der Waals surface area contributed by atoms with Crippen LogP contribution in [0.5, 0.6) is 0 Å². The zero-order valence-electron chi connectivity index (χ0n) is 15.1. The van der Waals surface area contributed by atoms with Gasteiger partial charge in [-0.15, -0.1) is 10.2 Å². The Labute approximate surface area is 162 Å². The smallest absolute Gasteiger partial charge is 0.191 e. The molecule has 4 nitrogen and oxygen atoms in total. The number of ether oxygens (including phenoxy) is 1. The summed E-state index contributed by atoms with van der Waals surface area (Å²) in [6, 6.07) is 16.7. The van der Waals surface area contributed by atoms with Crippen molar-refractivity contribution in [2.24, 2.45) is 0 Å². The standard InChI is InChI=1S/C21H22FN3OS/c22-18-11-9-17(10-12-18)20-23-24-21(27-15-19-8-4-5-13-26-19)25(20)14-16-6-2-1-3-7-16/h1-3,6-7,9-12,19H,4-5,8,13-15H2/t19-/m1/s1. The van der Waals surface area contributed by atoms with Crippen LogP contribution in [0.1, 0.15) is 24.8 Å². The first kappa shape index (κ1) is 18.2. The molecule has 1 aromatic heterocycles. The first-order valence-corrected chi connectivity index (χ1v) is 10.3. The van der Waals surface area contributed by atoms with E-state index in [2.05, 4.69) is 26.9 Å². The molecule has 0 amide bonds. The summed E-state index contributed by atoms with van der Waals surface area (Å²) in [5.41, 5.74) is 2.04. The lowest BCUT2D eigenvalue weighted by Crippen LogP contribution is -2.21. The van der Waals surface area contributed by atoms with Crippen LogP contribution in [0.25, 0.3) is 11.4 Å². The summed E-state index contributed by atoms with van der Waals surface area (Å²) < 4.78 is 21.3. The Morgan fingerprint density at radius 2 is 1.85 bits per heavy atom. The third-order valence-corrected chi connectivity index (χ3v) is 5.77. The minimum Gasteiger partial charge on any atom is -0.377 e. The minimum atomic E-state index is -0.253. The second kappa shape index (κ2) is 8.67. The van der Waals surface area contributed by atoms with Crippen LogP contribution in [0.3, 0.4) is 0 Å². The first-order chi connectivity index (χ1) is 13.3. The molecule has 0 spiro atoms. The van der Waals surface area contributed by atoms with Gasteiger partial charge in [0.05, 0.1) is 12.6 Å². The van der Waals surface area contributed by atoms with Gasteiger partial charge in [0.1, 0.15) is 5.82 Å². The first-order valence-electron chi connectivity index (χ1n) is 9.27. The normalized spacial score (nSPS) is 17.1. The summed E-state index contributed by atoms with van der Waals surface area (Å²) in [5.74, 6) is 1.37. The van der Waals surface area contributed by atoms with Crippen LogP contribution in [0, 0.1) is 5.82 Å². The van der Waals surface area contributed by atoms with E-state index in [1.807, 2.05) is 18.2 Å². The van der Waals surface area contributed by atoms with Gasteiger partial charge in [0.2, 0.25) is 0 Å². The van der Waals surface area contributed by atoms with E-state index in [1.54, 1.807) is 23.9 Å². The van der Waals surface area contributed by atoms with Crippen molar-refractivity contribution in [2.45, 2.75) is 37.1 Å². The van der Waals surface area contributed by atoms with Crippen LogP contribution in [0.4, 0.5) is 4.39 Å². The molecule has 0 unspecified atom stereocenters. The molecule has 1 saturated heterocycles. The van der Waals surface area contributed by atoms with Gasteiger partial charge >= 0.3 is 0 Å². The molecule has 1 aliphatic heterocycles. The molecule has 2 aromatic carbocycles. The van der Waals surface area contributed by atoms with Crippen LogP contribution in [0.2, 0.25) is 0 Å². The Hall–Kier alpha value is -2.18. The van der Waals surface area contributed by atoms with Crippen molar-refractivity contribution < 1.29 is 9.13 Å². The predicted octanol–water partition coefficient (Wildman–Crippen LogP) is 4.79. The van der Waals surface area contributed by atoms with Crippen LogP contribution >= 0.6 is 11.8 Å². The lowest BCUT2D eigenvalue weighted by atomic mass is 10.1. The zero-order valence-corrected chi connectivity index (χ0v) is 15.9. The average molecular weight is 383 g/mol. The number of hydrogen-bond donors (Lipinski definition) is 0. The molecule has 1 fully saturated rings. The maximum atomic E-state index is 13.3. The van der Waals surface area contributed by atoms with Crippen molar-refractivity contribution in [3.63, 3.8) is 0 Å². The number of thioether (sulfide) groups is 1. The largest absolute Gasteiger partial charge is 0.377 e. The van der Waals surface area contributed by atoms with Gasteiger partial charge < -0.3 is 4.74 Å². The molecule has 0 aliphatic carbocycles. The fourth-order valence-electron chi connectivity index (χ4n) is 3.22. The van der Waals surface area contributed by atoms with Crippen LogP contribution in [-0.4, -0.2) is 33.2 Å². The Balaban J connectivity index is 1.60. The van der Waals surface area contributed by atoms with Crippen molar-refractivity contribution in [1.29, 1.82) is 0 Å². The Kier molecular flexibility index (Phi) is 5.84. The van der Waals surface area contributed by atoms with E-state index < -0.39 is 0 Å². The number of nitrogens with zero attached hydrogens (tertiary/aromatic N) is 3. The third kappa shape index (κ3) is 4.57. The molecule has 0 radical (unpaired) electrons. The van der Waals surface area contributed by atoms with Gasteiger partial charge in [0, 0.05) is 17.9 Å². The molecule has 2 heterocycles. The summed E-state index contributed by atoms with van der Waals surface area (Å²) >= 11 is 1.68. The summed E-state index contributed by atoms with van der Waals surface area (Å²) in [4.78, 5) is 0. The van der Waals surface area contributed by atoms with E-state index in [0.29, 0.717) is 6.54 Å². The Morgan fingerprint density at radius 1 is 1.04 bits per heavy atom. The number of halogens is 1. The zero-order chi connectivity index (χ0) is 18.5. The topological polar surface area (TPSA) is 39.9 Å². The molecule has 0 N–H and O–H groups in total. The second-order valence-corrected chi connectivity index (χ2v) is 7.67. The lowest BCUT2D eigenvalue weighted by Gasteiger charge is -2.22. The molecule has 0 saturated carbocycles. The van der Waals surface area contributed by atoms with E-state index in [4.69, 9.17) is 4.74 Å². The van der Waals surface area contributed by atoms with Crippen LogP contribution in [-0.2, 0) is 11.3 Å². The van der Waals surface area contributed by atoms with Gasteiger partial charge in [-0.1, -0.05) is 42.1 Å². The van der Waals surface area contributed by atoms with Gasteiger partial charge in [0.25, 0.3) is 0 Å². The van der Waals surface area contributed by atoms with Gasteiger partial charge in [-0.3, -0.25) is 4.57 Å². The van der Waals surface area contributed by atoms with Crippen molar-refractivity contribution in [1.82, 2.24) is 14.8 Å². The van der Waals surface area contributed by atoms with Gasteiger partial charge in [-0.2, -0.15) is 0 Å². The number of rotatable bonds is 6. The number of hydrogen-bond acceptors (Lipinski definition) is 4. The molecule has 1 aliphatic rings. The van der Waals surface area contributed by atoms with E-state index in [9.17, 15) is 4.39 Å². The molecule has 6 heteroatoms. The quantitative estimate of drug-likeness (QED) is 0.574. The molecule has 3 aromatic rings. The van der Waals surface area contributed by atoms with E-state index in [1.165, 1.54) is 24.1 Å². The summed E-state index contributed by atoms with van der Waals surface area (Å²) in [6.07, 6.45) is 3.76. The highest BCUT2D eigenvalue weighted by atomic mass is 32.2. The van der Waals surface area contributed by atoms with Gasteiger partial charge in [-0.25, -0.2) is 4.39 Å². The highest BCUT2D eigenvalue weighted by molar-refractivity contribution is 7.99. The molecule has 1 atom stereocenters. The van der Waals surface area contributed by atoms with E-state index in [0.717, 1.165) is 41.7 Å². The van der Waals surface area contributed by atoms with Crippen molar-refractivity contribution in [2.75, 3.05) is 12.4 Å². The monoisotopic (exact) mass is 383 g/mol. The van der Waals surface area contributed by atoms with E-state index >= 15 is 0 Å². The summed E-state index contributed by atoms with van der Waals surface area (Å²) in [7, 11) is 0. The predicted molar refractivity (Wildman–Crippen MR) is 105 cm³/mol. The second-order valence-electron chi connectivity index (χ2n) is 6.68. The fourth-order valence-corrected chi connectivity index (χ4v) is 4.23. The third-order valence-electron chi connectivity index (χ3n) is 4.68. The number of aromatic nitrogens is 3. The van der Waals surface area contributed by atoms with Gasteiger partial charge in [-0.05, 0) is 49.1 Å². The summed E-state index contributed by atoms with van der Waals surface area (Å²) in [5, 5.41) is 9.69. The molecule has 140 valence electrons. The molecule has 0 bridgehead atoms. The lowest BCUT2D eigenvalue weighted by molar-refractivity contribution is 0.0315. The van der Waals surface area contributed by atoms with E-state index in [-0.39, 0.29) is 11.9 Å². The van der Waals surface area contributed by atoms with Crippen LogP contribution in [0.15, 0.2) is 59.8 Å². The number of benzene rings is 2. The molecular formula is C21H22FN3OS. The minimum absolute atomic E-state index is 0.253. The maximum Gasteiger partial charge on any atom is 0.191 e. The fraction of sp³-hybridized carbons (Fsp3) is 0.333. The highest BCUT2D eigenvalue weighted by Gasteiger charge is 2.19.